The highest BCUT2D eigenvalue weighted by Gasteiger charge is 2.68. The maximum Gasteiger partial charge on any atom is 0.470 e. The fourth-order valence-electron chi connectivity index (χ4n) is 4.78. The zero-order valence-corrected chi connectivity index (χ0v) is 22.2. The first-order chi connectivity index (χ1) is 14.9. The highest BCUT2D eigenvalue weighted by atomic mass is 16.7. The van der Waals surface area contributed by atoms with Gasteiger partial charge in [0.1, 0.15) is 11.2 Å². The number of amides is 2. The number of carbonyl (C=O) groups is 2. The number of hydrogen-bond donors (Lipinski definition) is 0. The summed E-state index contributed by atoms with van der Waals surface area (Å²) < 4.78 is 24.4. The summed E-state index contributed by atoms with van der Waals surface area (Å²) in [6.45, 7) is 20.7. The first kappa shape index (κ1) is 26.1. The van der Waals surface area contributed by atoms with Crippen molar-refractivity contribution in [3.05, 3.63) is 0 Å². The number of likely N-dealkylation sites (tertiary alicyclic amines) is 2. The Morgan fingerprint density at radius 1 is 0.848 bits per heavy atom. The summed E-state index contributed by atoms with van der Waals surface area (Å²) in [5, 5.41) is -0.556. The lowest BCUT2D eigenvalue weighted by atomic mass is 9.48. The second kappa shape index (κ2) is 8.33. The van der Waals surface area contributed by atoms with Gasteiger partial charge in [-0.3, -0.25) is 0 Å². The molecule has 1 atom stereocenters. The Kier molecular flexibility index (Phi) is 6.60. The summed E-state index contributed by atoms with van der Waals surface area (Å²) in [7, 11) is -0.547. The number of nitrogens with zero attached hydrogens (tertiary/aromatic N) is 2. The summed E-state index contributed by atoms with van der Waals surface area (Å²) in [5.41, 5.74) is -2.18. The Balaban J connectivity index is 1.91. The van der Waals surface area contributed by atoms with E-state index >= 15 is 0 Å². The summed E-state index contributed by atoms with van der Waals surface area (Å²) in [4.78, 5) is 29.5. The van der Waals surface area contributed by atoms with Crippen LogP contribution in [0.25, 0.3) is 0 Å². The minimum absolute atomic E-state index is 0.158. The molecule has 1 unspecified atom stereocenters. The molecule has 9 heteroatoms. The molecular weight excluding hydrogens is 423 g/mol. The third-order valence-corrected chi connectivity index (χ3v) is 7.14. The topological polar surface area (TPSA) is 77.5 Å². The van der Waals surface area contributed by atoms with Crippen LogP contribution in [-0.2, 0) is 18.8 Å². The average Bonchev–Trinajstić information content (AvgIpc) is 2.79. The van der Waals surface area contributed by atoms with E-state index in [1.807, 2.05) is 74.1 Å². The van der Waals surface area contributed by atoms with Crippen molar-refractivity contribution < 1.29 is 28.4 Å². The van der Waals surface area contributed by atoms with Gasteiger partial charge in [-0.2, -0.15) is 0 Å². The van der Waals surface area contributed by atoms with Crippen molar-refractivity contribution >= 4 is 19.3 Å². The van der Waals surface area contributed by atoms with Crippen LogP contribution in [0.3, 0.4) is 0 Å². The predicted octanol–water partition coefficient (Wildman–Crippen LogP) is 4.86. The van der Waals surface area contributed by atoms with Crippen molar-refractivity contribution in [2.45, 2.75) is 122 Å². The van der Waals surface area contributed by atoms with Crippen molar-refractivity contribution in [3.8, 4) is 0 Å². The molecule has 33 heavy (non-hydrogen) atoms. The molecule has 0 aromatic rings. The molecule has 0 aromatic heterocycles. The molecule has 0 bridgehead atoms. The maximum atomic E-state index is 13.2. The van der Waals surface area contributed by atoms with E-state index in [1.165, 1.54) is 0 Å². The molecule has 8 nitrogen and oxygen atoms in total. The van der Waals surface area contributed by atoms with E-state index in [0.717, 1.165) is 19.3 Å². The Labute approximate surface area is 199 Å². The lowest BCUT2D eigenvalue weighted by Crippen LogP contribution is -2.70. The quantitative estimate of drug-likeness (QED) is 0.541. The Morgan fingerprint density at radius 3 is 1.82 bits per heavy atom. The van der Waals surface area contributed by atoms with E-state index in [9.17, 15) is 9.59 Å². The normalized spacial score (nSPS) is 26.6. The summed E-state index contributed by atoms with van der Waals surface area (Å²) >= 11 is 0. The molecule has 3 aliphatic rings. The summed E-state index contributed by atoms with van der Waals surface area (Å²) in [6, 6.07) is -0.158. The molecule has 0 saturated carbocycles. The van der Waals surface area contributed by atoms with Crippen LogP contribution in [0.1, 0.15) is 88.5 Å². The highest BCUT2D eigenvalue weighted by Crippen LogP contribution is 2.55. The zero-order valence-electron chi connectivity index (χ0n) is 22.2. The first-order valence-electron chi connectivity index (χ1n) is 12.2. The Bertz CT molecular complexity index is 748. The number of piperidine rings is 1. The van der Waals surface area contributed by atoms with E-state index in [2.05, 4.69) is 0 Å². The summed E-state index contributed by atoms with van der Waals surface area (Å²) in [5.74, 6) is 0. The average molecular weight is 466 g/mol. The molecule has 0 radical (unpaired) electrons. The van der Waals surface area contributed by atoms with Gasteiger partial charge in [-0.15, -0.1) is 0 Å². The van der Waals surface area contributed by atoms with Crippen LogP contribution >= 0.6 is 0 Å². The van der Waals surface area contributed by atoms with Crippen molar-refractivity contribution in [2.75, 3.05) is 19.6 Å². The largest absolute Gasteiger partial charge is 0.470 e. The van der Waals surface area contributed by atoms with Gasteiger partial charge in [0.25, 0.3) is 0 Å². The number of carbonyl (C=O) groups excluding carboxylic acids is 2. The number of ether oxygens (including phenoxy) is 2. The van der Waals surface area contributed by atoms with E-state index in [4.69, 9.17) is 18.8 Å². The van der Waals surface area contributed by atoms with Crippen molar-refractivity contribution in [1.82, 2.24) is 9.80 Å². The second-order valence-corrected chi connectivity index (χ2v) is 12.8. The minimum Gasteiger partial charge on any atom is -0.444 e. The van der Waals surface area contributed by atoms with Gasteiger partial charge in [0, 0.05) is 25.7 Å². The third-order valence-electron chi connectivity index (χ3n) is 7.14. The molecular formula is C24H43BN2O6. The minimum atomic E-state index is -0.585. The van der Waals surface area contributed by atoms with Crippen molar-refractivity contribution in [2.24, 2.45) is 0 Å². The van der Waals surface area contributed by atoms with Gasteiger partial charge in [0.05, 0.1) is 16.5 Å². The van der Waals surface area contributed by atoms with E-state index < -0.39 is 34.8 Å². The third kappa shape index (κ3) is 5.29. The van der Waals surface area contributed by atoms with Crippen LogP contribution in [0, 0.1) is 0 Å². The lowest BCUT2D eigenvalue weighted by molar-refractivity contribution is -0.0384. The smallest absolute Gasteiger partial charge is 0.444 e. The van der Waals surface area contributed by atoms with Gasteiger partial charge < -0.3 is 28.6 Å². The molecule has 2 amide bonds. The van der Waals surface area contributed by atoms with Crippen molar-refractivity contribution in [1.29, 1.82) is 0 Å². The molecule has 0 spiro atoms. The Hall–Kier alpha value is -1.48. The van der Waals surface area contributed by atoms with Crippen molar-refractivity contribution in [3.63, 3.8) is 0 Å². The molecule has 0 N–H and O–H groups in total. The molecule has 0 aliphatic carbocycles. The fourth-order valence-corrected chi connectivity index (χ4v) is 4.78. The molecule has 3 aliphatic heterocycles. The molecule has 188 valence electrons. The van der Waals surface area contributed by atoms with Crippen LogP contribution < -0.4 is 0 Å². The van der Waals surface area contributed by atoms with Gasteiger partial charge in [-0.05, 0) is 88.5 Å². The van der Waals surface area contributed by atoms with E-state index in [-0.39, 0.29) is 18.2 Å². The molecule has 0 aromatic carbocycles. The second-order valence-electron chi connectivity index (χ2n) is 12.8. The molecule has 3 rings (SSSR count). The van der Waals surface area contributed by atoms with E-state index in [0.29, 0.717) is 19.6 Å². The van der Waals surface area contributed by atoms with Gasteiger partial charge in [-0.1, -0.05) is 0 Å². The molecule has 3 heterocycles. The van der Waals surface area contributed by atoms with Crippen LogP contribution in [0.15, 0.2) is 0 Å². The van der Waals surface area contributed by atoms with Gasteiger partial charge in [0.2, 0.25) is 0 Å². The fraction of sp³-hybridized carbons (Fsp3) is 0.917. The summed E-state index contributed by atoms with van der Waals surface area (Å²) in [6.07, 6.45) is 2.06. The number of rotatable bonds is 2. The molecule has 3 fully saturated rings. The molecule has 3 saturated heterocycles. The maximum absolute atomic E-state index is 13.2. The zero-order chi connectivity index (χ0) is 25.0. The number of hydrogen-bond acceptors (Lipinski definition) is 6. The van der Waals surface area contributed by atoms with E-state index in [1.54, 1.807) is 4.90 Å². The van der Waals surface area contributed by atoms with Crippen LogP contribution in [0.2, 0.25) is 5.31 Å². The first-order valence-corrected chi connectivity index (χ1v) is 12.2. The van der Waals surface area contributed by atoms with Gasteiger partial charge in [0.15, 0.2) is 0 Å². The monoisotopic (exact) mass is 466 g/mol. The Morgan fingerprint density at radius 2 is 1.33 bits per heavy atom. The SMILES string of the molecule is CC(C)(C)OC(=O)N1CC(B2OC(C)(C)C(C)(C)O2)(C2CCCCN2C(=O)OC(C)(C)C)C1. The standard InChI is InChI=1S/C24H43BN2O6/c1-20(2,3)30-18(28)26-15-24(16-26,25-32-22(7,8)23(9,10)33-25)17-13-11-12-14-27(17)19(29)31-21(4,5)6/h17H,11-16H2,1-10H3. The van der Waals surface area contributed by atoms with Crippen LogP contribution in [0.4, 0.5) is 9.59 Å². The predicted molar refractivity (Wildman–Crippen MR) is 127 cm³/mol. The van der Waals surface area contributed by atoms with Gasteiger partial charge >= 0.3 is 19.3 Å². The van der Waals surface area contributed by atoms with Crippen LogP contribution in [-0.4, -0.2) is 77.2 Å². The van der Waals surface area contributed by atoms with Crippen LogP contribution in [0.5, 0.6) is 0 Å². The highest BCUT2D eigenvalue weighted by molar-refractivity contribution is 6.51. The van der Waals surface area contributed by atoms with Gasteiger partial charge in [-0.25, -0.2) is 9.59 Å². The lowest BCUT2D eigenvalue weighted by Gasteiger charge is -2.57.